The van der Waals surface area contributed by atoms with Crippen molar-refractivity contribution in [2.75, 3.05) is 25.1 Å². The van der Waals surface area contributed by atoms with Crippen LogP contribution in [-0.4, -0.2) is 19.8 Å². The van der Waals surface area contributed by atoms with Gasteiger partial charge in [0.2, 0.25) is 0 Å². The molecule has 0 amide bonds. The van der Waals surface area contributed by atoms with E-state index in [0.29, 0.717) is 5.41 Å². The van der Waals surface area contributed by atoms with E-state index in [9.17, 15) is 0 Å². The van der Waals surface area contributed by atoms with Gasteiger partial charge in [0.25, 0.3) is 0 Å². The van der Waals surface area contributed by atoms with Crippen LogP contribution in [-0.2, 0) is 4.74 Å². The lowest BCUT2D eigenvalue weighted by Crippen LogP contribution is -2.13. The predicted octanol–water partition coefficient (Wildman–Crippen LogP) is 4.31. The first kappa shape index (κ1) is 14.5. The molecule has 0 heterocycles. The van der Waals surface area contributed by atoms with Gasteiger partial charge in [-0.2, -0.15) is 0 Å². The molecule has 1 aromatic carbocycles. The zero-order valence-corrected chi connectivity index (χ0v) is 12.5. The molecule has 1 N–H and O–H groups in total. The molecule has 0 bridgehead atoms. The maximum atomic E-state index is 5.58. The van der Waals surface area contributed by atoms with Crippen LogP contribution in [0.15, 0.2) is 28.7 Å². The molecule has 0 unspecified atom stereocenters. The highest BCUT2D eigenvalue weighted by Crippen LogP contribution is 2.17. The summed E-state index contributed by atoms with van der Waals surface area (Å²) in [5.74, 6) is 0. The number of hydrogen-bond donors (Lipinski definition) is 1. The first-order valence-electron chi connectivity index (χ1n) is 6.04. The van der Waals surface area contributed by atoms with Gasteiger partial charge in [0.05, 0.1) is 6.61 Å². The molecule has 0 aliphatic carbocycles. The van der Waals surface area contributed by atoms with E-state index in [2.05, 4.69) is 54.2 Å². The summed E-state index contributed by atoms with van der Waals surface area (Å²) in [6.45, 7) is 9.15. The molecule has 0 aliphatic heterocycles. The van der Waals surface area contributed by atoms with Crippen molar-refractivity contribution in [3.05, 3.63) is 28.7 Å². The third kappa shape index (κ3) is 7.40. The minimum absolute atomic E-state index is 0.360. The molecule has 0 spiro atoms. The zero-order valence-electron chi connectivity index (χ0n) is 10.9. The van der Waals surface area contributed by atoms with Gasteiger partial charge in [-0.1, -0.05) is 36.7 Å². The Bertz CT molecular complexity index is 316. The van der Waals surface area contributed by atoms with Crippen molar-refractivity contribution in [3.63, 3.8) is 0 Å². The van der Waals surface area contributed by atoms with Crippen molar-refractivity contribution >= 4 is 21.6 Å². The second-order valence-corrected chi connectivity index (χ2v) is 6.27. The maximum absolute atomic E-state index is 5.58. The van der Waals surface area contributed by atoms with Crippen molar-refractivity contribution in [2.24, 2.45) is 5.41 Å². The van der Waals surface area contributed by atoms with Crippen molar-refractivity contribution < 1.29 is 4.74 Å². The van der Waals surface area contributed by atoms with Crippen molar-refractivity contribution in [1.29, 1.82) is 0 Å². The number of anilines is 1. The highest BCUT2D eigenvalue weighted by Gasteiger charge is 2.08. The Morgan fingerprint density at radius 2 is 1.76 bits per heavy atom. The fourth-order valence-electron chi connectivity index (χ4n) is 1.32. The lowest BCUT2D eigenvalue weighted by molar-refractivity contribution is 0.116. The fraction of sp³-hybridized carbons (Fsp3) is 0.571. The Morgan fingerprint density at radius 3 is 2.35 bits per heavy atom. The van der Waals surface area contributed by atoms with Crippen LogP contribution in [0.25, 0.3) is 0 Å². The molecule has 3 heteroatoms. The Balaban J connectivity index is 2.07. The van der Waals surface area contributed by atoms with Crippen LogP contribution in [0.1, 0.15) is 27.2 Å². The fourth-order valence-corrected chi connectivity index (χ4v) is 1.58. The molecule has 0 saturated heterocycles. The molecule has 0 fully saturated rings. The summed E-state index contributed by atoms with van der Waals surface area (Å²) in [6.07, 6.45) is 1.10. The summed E-state index contributed by atoms with van der Waals surface area (Å²) in [5, 5.41) is 3.32. The number of ether oxygens (including phenoxy) is 1. The van der Waals surface area contributed by atoms with Gasteiger partial charge in [-0.25, -0.2) is 0 Å². The van der Waals surface area contributed by atoms with Crippen LogP contribution in [0.2, 0.25) is 0 Å². The highest BCUT2D eigenvalue weighted by atomic mass is 79.9. The van der Waals surface area contributed by atoms with E-state index in [-0.39, 0.29) is 0 Å². The summed E-state index contributed by atoms with van der Waals surface area (Å²) in [7, 11) is 0. The van der Waals surface area contributed by atoms with Crippen LogP contribution in [0, 0.1) is 5.41 Å². The van der Waals surface area contributed by atoms with Gasteiger partial charge < -0.3 is 10.1 Å². The maximum Gasteiger partial charge on any atom is 0.0639 e. The topological polar surface area (TPSA) is 21.3 Å². The van der Waals surface area contributed by atoms with Gasteiger partial charge in [-0.05, 0) is 36.1 Å². The summed E-state index contributed by atoms with van der Waals surface area (Å²) in [6, 6.07) is 8.17. The van der Waals surface area contributed by atoms with E-state index in [1.807, 2.05) is 12.1 Å². The summed E-state index contributed by atoms with van der Waals surface area (Å²) in [5.41, 5.74) is 1.49. The predicted molar refractivity (Wildman–Crippen MR) is 77.5 cm³/mol. The molecule has 0 radical (unpaired) electrons. The average Bonchev–Trinajstić information content (AvgIpc) is 2.24. The molecule has 0 atom stereocenters. The van der Waals surface area contributed by atoms with E-state index in [0.717, 1.165) is 36.3 Å². The molecule has 1 rings (SSSR count). The second kappa shape index (κ2) is 7.02. The molecule has 1 aromatic rings. The summed E-state index contributed by atoms with van der Waals surface area (Å²) in [4.78, 5) is 0. The van der Waals surface area contributed by atoms with E-state index < -0.39 is 0 Å². The van der Waals surface area contributed by atoms with Crippen LogP contribution in [0.4, 0.5) is 5.69 Å². The third-order valence-electron chi connectivity index (χ3n) is 2.42. The summed E-state index contributed by atoms with van der Waals surface area (Å²) < 4.78 is 6.68. The van der Waals surface area contributed by atoms with Gasteiger partial charge in [-0.3, -0.25) is 0 Å². The largest absolute Gasteiger partial charge is 0.383 e. The van der Waals surface area contributed by atoms with Crippen molar-refractivity contribution in [2.45, 2.75) is 27.2 Å². The first-order valence-corrected chi connectivity index (χ1v) is 6.84. The quantitative estimate of drug-likeness (QED) is 0.790. The lowest BCUT2D eigenvalue weighted by atomic mass is 9.93. The minimum Gasteiger partial charge on any atom is -0.383 e. The smallest absolute Gasteiger partial charge is 0.0639 e. The van der Waals surface area contributed by atoms with Crippen LogP contribution in [0.5, 0.6) is 0 Å². The standard InChI is InChI=1S/C14H22BrNO/c1-14(2,3)8-10-17-11-9-16-13-6-4-12(15)5-7-13/h4-7,16H,8-11H2,1-3H3. The minimum atomic E-state index is 0.360. The average molecular weight is 300 g/mol. The molecule has 0 saturated carbocycles. The summed E-state index contributed by atoms with van der Waals surface area (Å²) >= 11 is 3.41. The Morgan fingerprint density at radius 1 is 1.12 bits per heavy atom. The van der Waals surface area contributed by atoms with Crippen molar-refractivity contribution in [1.82, 2.24) is 0 Å². The molecular weight excluding hydrogens is 278 g/mol. The number of nitrogens with one attached hydrogen (secondary N) is 1. The number of rotatable bonds is 6. The van der Waals surface area contributed by atoms with Crippen LogP contribution >= 0.6 is 15.9 Å². The van der Waals surface area contributed by atoms with Gasteiger partial charge in [-0.15, -0.1) is 0 Å². The molecule has 2 nitrogen and oxygen atoms in total. The molecule has 0 aliphatic rings. The molecular formula is C14H22BrNO. The highest BCUT2D eigenvalue weighted by molar-refractivity contribution is 9.10. The van der Waals surface area contributed by atoms with Crippen LogP contribution < -0.4 is 5.32 Å². The number of hydrogen-bond acceptors (Lipinski definition) is 2. The Kier molecular flexibility index (Phi) is 6.00. The lowest BCUT2D eigenvalue weighted by Gasteiger charge is -2.17. The molecule has 0 aromatic heterocycles. The first-order chi connectivity index (χ1) is 7.97. The van der Waals surface area contributed by atoms with E-state index >= 15 is 0 Å². The molecule has 17 heavy (non-hydrogen) atoms. The normalized spacial score (nSPS) is 11.5. The van der Waals surface area contributed by atoms with Crippen LogP contribution in [0.3, 0.4) is 0 Å². The SMILES string of the molecule is CC(C)(C)CCOCCNc1ccc(Br)cc1. The second-order valence-electron chi connectivity index (χ2n) is 5.36. The zero-order chi connectivity index (χ0) is 12.7. The number of halogens is 1. The van der Waals surface area contributed by atoms with E-state index in [4.69, 9.17) is 4.74 Å². The van der Waals surface area contributed by atoms with E-state index in [1.165, 1.54) is 0 Å². The van der Waals surface area contributed by atoms with Crippen molar-refractivity contribution in [3.8, 4) is 0 Å². The van der Waals surface area contributed by atoms with E-state index in [1.54, 1.807) is 0 Å². The molecule has 96 valence electrons. The number of benzene rings is 1. The monoisotopic (exact) mass is 299 g/mol. The van der Waals surface area contributed by atoms with Gasteiger partial charge >= 0.3 is 0 Å². The van der Waals surface area contributed by atoms with Gasteiger partial charge in [0, 0.05) is 23.3 Å². The van der Waals surface area contributed by atoms with Gasteiger partial charge in [0.15, 0.2) is 0 Å². The van der Waals surface area contributed by atoms with Gasteiger partial charge in [0.1, 0.15) is 0 Å². The Labute approximate surface area is 113 Å². The third-order valence-corrected chi connectivity index (χ3v) is 2.94. The Hall–Kier alpha value is -0.540.